The summed E-state index contributed by atoms with van der Waals surface area (Å²) in [5.41, 5.74) is 1.34. The number of rotatable bonds is 7. The second-order valence-electron chi connectivity index (χ2n) is 7.18. The van der Waals surface area contributed by atoms with Gasteiger partial charge in [-0.2, -0.15) is 0 Å². The predicted octanol–water partition coefficient (Wildman–Crippen LogP) is 2.93. The number of ether oxygens (including phenoxy) is 1. The largest absolute Gasteiger partial charge is 0.497 e. The Kier molecular flexibility index (Phi) is 7.42. The Morgan fingerprint density at radius 1 is 1.13 bits per heavy atom. The summed E-state index contributed by atoms with van der Waals surface area (Å²) >= 11 is 6.07. The first kappa shape index (κ1) is 23.3. The van der Waals surface area contributed by atoms with Crippen molar-refractivity contribution in [3.05, 3.63) is 53.1 Å². The molecule has 0 bridgehead atoms. The fraction of sp³-hybridized carbons (Fsp3) is 0.381. The number of anilines is 1. The van der Waals surface area contributed by atoms with Crippen LogP contribution in [0.3, 0.4) is 0 Å². The van der Waals surface area contributed by atoms with Crippen molar-refractivity contribution in [1.29, 1.82) is 0 Å². The molecule has 0 aromatic heterocycles. The first-order valence-corrected chi connectivity index (χ1v) is 11.6. The van der Waals surface area contributed by atoms with E-state index in [2.05, 4.69) is 10.2 Å². The number of benzene rings is 2. The molecule has 10 heteroatoms. The lowest BCUT2D eigenvalue weighted by atomic mass is 10.0. The molecule has 1 heterocycles. The van der Waals surface area contributed by atoms with Gasteiger partial charge in [0.25, 0.3) is 15.9 Å². The Bertz CT molecular complexity index is 1020. The molecule has 0 radical (unpaired) electrons. The molecule has 0 spiro atoms. The molecule has 1 aliphatic rings. The van der Waals surface area contributed by atoms with Gasteiger partial charge in [-0.1, -0.05) is 16.1 Å². The van der Waals surface area contributed by atoms with E-state index < -0.39 is 10.0 Å². The number of carbonyl (C=O) groups is 1. The molecule has 2 aromatic carbocycles. The van der Waals surface area contributed by atoms with Gasteiger partial charge in [0.2, 0.25) is 0 Å². The summed E-state index contributed by atoms with van der Waals surface area (Å²) in [5, 5.41) is 3.02. The highest BCUT2D eigenvalue weighted by Gasteiger charge is 2.26. The fourth-order valence-electron chi connectivity index (χ4n) is 3.42. The van der Waals surface area contributed by atoms with E-state index in [1.54, 1.807) is 7.11 Å². The monoisotopic (exact) mass is 467 g/mol. The Labute approximate surface area is 187 Å². The van der Waals surface area contributed by atoms with Gasteiger partial charge in [0.15, 0.2) is 0 Å². The summed E-state index contributed by atoms with van der Waals surface area (Å²) in [7, 11) is 0.164. The Morgan fingerprint density at radius 2 is 1.77 bits per heavy atom. The van der Waals surface area contributed by atoms with Crippen LogP contribution in [-0.2, 0) is 14.9 Å². The van der Waals surface area contributed by atoms with Crippen molar-refractivity contribution >= 4 is 33.2 Å². The summed E-state index contributed by atoms with van der Waals surface area (Å²) in [6, 6.07) is 12.1. The summed E-state index contributed by atoms with van der Waals surface area (Å²) in [5.74, 6) is 0.475. The highest BCUT2D eigenvalue weighted by atomic mass is 35.5. The van der Waals surface area contributed by atoms with Gasteiger partial charge in [-0.3, -0.25) is 9.63 Å². The molecule has 8 nitrogen and oxygen atoms in total. The van der Waals surface area contributed by atoms with Crippen LogP contribution in [0.1, 0.15) is 23.2 Å². The second-order valence-corrected chi connectivity index (χ2v) is 9.49. The Morgan fingerprint density at radius 3 is 2.35 bits per heavy atom. The molecule has 1 saturated heterocycles. The highest BCUT2D eigenvalue weighted by Crippen LogP contribution is 2.26. The van der Waals surface area contributed by atoms with E-state index in [1.807, 2.05) is 24.3 Å². The van der Waals surface area contributed by atoms with Gasteiger partial charge in [0.1, 0.15) is 10.6 Å². The zero-order valence-corrected chi connectivity index (χ0v) is 19.2. The van der Waals surface area contributed by atoms with Crippen LogP contribution in [0.2, 0.25) is 5.02 Å². The minimum Gasteiger partial charge on any atom is -0.497 e. The molecule has 0 atom stereocenters. The van der Waals surface area contributed by atoms with Gasteiger partial charge in [-0.05, 0) is 55.3 Å². The number of piperidine rings is 1. The average molecular weight is 468 g/mol. The van der Waals surface area contributed by atoms with Crippen LogP contribution in [0, 0.1) is 0 Å². The van der Waals surface area contributed by atoms with E-state index in [9.17, 15) is 13.2 Å². The van der Waals surface area contributed by atoms with Crippen LogP contribution >= 0.6 is 11.6 Å². The van der Waals surface area contributed by atoms with Gasteiger partial charge in [-0.15, -0.1) is 0 Å². The topological polar surface area (TPSA) is 88.2 Å². The SMILES string of the molecule is COc1ccc(N2CCC(NC(=O)c3ccc(Cl)c(S(=O)(=O)N(C)OC)c3)CC2)cc1. The Hall–Kier alpha value is -2.33. The number of carbonyl (C=O) groups excluding carboxylic acids is 1. The Balaban J connectivity index is 1.64. The molecule has 1 fully saturated rings. The lowest BCUT2D eigenvalue weighted by Crippen LogP contribution is -2.44. The normalized spacial score (nSPS) is 15.2. The number of sulfonamides is 1. The number of hydrogen-bond acceptors (Lipinski definition) is 6. The maximum atomic E-state index is 12.7. The number of hydrogen-bond donors (Lipinski definition) is 1. The molecule has 168 valence electrons. The number of nitrogens with one attached hydrogen (secondary N) is 1. The third kappa shape index (κ3) is 5.30. The maximum absolute atomic E-state index is 12.7. The highest BCUT2D eigenvalue weighted by molar-refractivity contribution is 7.89. The smallest absolute Gasteiger partial charge is 0.266 e. The summed E-state index contributed by atoms with van der Waals surface area (Å²) in [6.45, 7) is 1.60. The second kappa shape index (κ2) is 9.86. The summed E-state index contributed by atoms with van der Waals surface area (Å²) in [6.07, 6.45) is 1.56. The number of halogens is 1. The first-order chi connectivity index (χ1) is 14.8. The van der Waals surface area contributed by atoms with E-state index in [0.717, 1.165) is 37.4 Å². The molecule has 31 heavy (non-hydrogen) atoms. The van der Waals surface area contributed by atoms with E-state index in [1.165, 1.54) is 32.4 Å². The zero-order chi connectivity index (χ0) is 22.6. The molecule has 0 aliphatic carbocycles. The van der Waals surface area contributed by atoms with Crippen molar-refractivity contribution in [1.82, 2.24) is 9.79 Å². The molecule has 1 amide bonds. The van der Waals surface area contributed by atoms with E-state index in [4.69, 9.17) is 21.2 Å². The van der Waals surface area contributed by atoms with E-state index >= 15 is 0 Å². The van der Waals surface area contributed by atoms with Gasteiger partial charge < -0.3 is 15.0 Å². The summed E-state index contributed by atoms with van der Waals surface area (Å²) < 4.78 is 31.0. The molecule has 0 saturated carbocycles. The number of amides is 1. The third-order valence-corrected chi connectivity index (χ3v) is 7.50. The number of hydroxylamine groups is 1. The van der Waals surface area contributed by atoms with Crippen molar-refractivity contribution in [2.45, 2.75) is 23.8 Å². The first-order valence-electron chi connectivity index (χ1n) is 9.78. The molecule has 2 aromatic rings. The van der Waals surface area contributed by atoms with Crippen molar-refractivity contribution < 1.29 is 22.8 Å². The lowest BCUT2D eigenvalue weighted by molar-refractivity contribution is -0.0258. The van der Waals surface area contributed by atoms with E-state index in [-0.39, 0.29) is 27.4 Å². The molecule has 1 aliphatic heterocycles. The van der Waals surface area contributed by atoms with Crippen molar-refractivity contribution in [3.8, 4) is 5.75 Å². The number of nitrogens with zero attached hydrogens (tertiary/aromatic N) is 2. The maximum Gasteiger partial charge on any atom is 0.266 e. The van der Waals surface area contributed by atoms with Crippen molar-refractivity contribution in [2.24, 2.45) is 0 Å². The van der Waals surface area contributed by atoms with Gasteiger partial charge in [-0.25, -0.2) is 8.42 Å². The fourth-order valence-corrected chi connectivity index (χ4v) is 4.90. The standard InChI is InChI=1S/C21H26ClN3O5S/c1-24(30-3)31(27,28)20-14-15(4-9-19(20)22)21(26)23-16-10-12-25(13-11-16)17-5-7-18(29-2)8-6-17/h4-9,14,16H,10-13H2,1-3H3,(H,23,26). The molecule has 1 N–H and O–H groups in total. The minimum absolute atomic E-state index is 0.000572. The van der Waals surface area contributed by atoms with Crippen LogP contribution in [-0.4, -0.2) is 59.2 Å². The van der Waals surface area contributed by atoms with Crippen LogP contribution in [0.15, 0.2) is 47.4 Å². The molecule has 0 unspecified atom stereocenters. The molecular weight excluding hydrogens is 442 g/mol. The average Bonchev–Trinajstić information content (AvgIpc) is 2.79. The third-order valence-electron chi connectivity index (χ3n) is 5.33. The van der Waals surface area contributed by atoms with Gasteiger partial charge in [0, 0.05) is 37.4 Å². The van der Waals surface area contributed by atoms with Crippen LogP contribution < -0.4 is 15.0 Å². The van der Waals surface area contributed by atoms with Crippen molar-refractivity contribution in [2.75, 3.05) is 39.3 Å². The van der Waals surface area contributed by atoms with Crippen LogP contribution in [0.25, 0.3) is 0 Å². The predicted molar refractivity (Wildman–Crippen MR) is 119 cm³/mol. The molecular formula is C21H26ClN3O5S. The zero-order valence-electron chi connectivity index (χ0n) is 17.7. The molecule has 3 rings (SSSR count). The number of methoxy groups -OCH3 is 1. The van der Waals surface area contributed by atoms with Crippen molar-refractivity contribution in [3.63, 3.8) is 0 Å². The lowest BCUT2D eigenvalue weighted by Gasteiger charge is -2.34. The quantitative estimate of drug-likeness (QED) is 0.630. The van der Waals surface area contributed by atoms with Gasteiger partial charge >= 0.3 is 0 Å². The summed E-state index contributed by atoms with van der Waals surface area (Å²) in [4.78, 5) is 19.6. The van der Waals surface area contributed by atoms with Gasteiger partial charge in [0.05, 0.1) is 19.2 Å². The van der Waals surface area contributed by atoms with Crippen LogP contribution in [0.5, 0.6) is 5.75 Å². The minimum atomic E-state index is -3.97. The van der Waals surface area contributed by atoms with E-state index in [0.29, 0.717) is 4.47 Å². The van der Waals surface area contributed by atoms with Crippen LogP contribution in [0.4, 0.5) is 5.69 Å².